The molecule has 0 N–H and O–H groups in total. The maximum Gasteiger partial charge on any atom is 0.0635 e. The number of halogens is 1. The first-order valence-electron chi connectivity index (χ1n) is 12.3. The first-order valence-corrected chi connectivity index (χ1v) is 11.1. The highest BCUT2D eigenvalue weighted by atomic mass is 79.9. The average molecular weight is 480 g/mol. The SMILES string of the molecule is [2H]c1c([2H])c(-c2ccc(-c3ccc(N(c4ccccc4)c4ccccc4)cc3)cc2)c([2H])c([2H])c1Br. The minimum absolute atomic E-state index is 0.0538. The second kappa shape index (κ2) is 9.25. The maximum atomic E-state index is 8.31. The zero-order valence-corrected chi connectivity index (χ0v) is 18.8. The van der Waals surface area contributed by atoms with Crippen LogP contribution < -0.4 is 4.90 Å². The van der Waals surface area contributed by atoms with Crippen LogP contribution in [0.5, 0.6) is 0 Å². The molecule has 0 radical (unpaired) electrons. The van der Waals surface area contributed by atoms with E-state index in [4.69, 9.17) is 5.48 Å². The third-order valence-electron chi connectivity index (χ3n) is 5.26. The van der Waals surface area contributed by atoms with Gasteiger partial charge in [0.2, 0.25) is 0 Å². The van der Waals surface area contributed by atoms with Gasteiger partial charge in [0.1, 0.15) is 0 Å². The van der Waals surface area contributed by atoms with E-state index in [1.165, 1.54) is 0 Å². The predicted molar refractivity (Wildman–Crippen MR) is 140 cm³/mol. The summed E-state index contributed by atoms with van der Waals surface area (Å²) in [5.41, 5.74) is 6.21. The lowest BCUT2D eigenvalue weighted by molar-refractivity contribution is 1.28. The zero-order valence-electron chi connectivity index (χ0n) is 21.2. The summed E-state index contributed by atoms with van der Waals surface area (Å²) in [6.45, 7) is 0. The van der Waals surface area contributed by atoms with E-state index in [0.717, 1.165) is 28.2 Å². The highest BCUT2D eigenvalue weighted by molar-refractivity contribution is 9.10. The van der Waals surface area contributed by atoms with Crippen LogP contribution in [0, 0.1) is 0 Å². The van der Waals surface area contributed by atoms with E-state index < -0.39 is 0 Å². The van der Waals surface area contributed by atoms with Gasteiger partial charge in [-0.3, -0.25) is 0 Å². The number of rotatable bonds is 5. The molecule has 0 saturated heterocycles. The largest absolute Gasteiger partial charge is 0.311 e. The van der Waals surface area contributed by atoms with E-state index in [2.05, 4.69) is 69.4 Å². The topological polar surface area (TPSA) is 3.24 Å². The fourth-order valence-corrected chi connectivity index (χ4v) is 3.87. The summed E-state index contributed by atoms with van der Waals surface area (Å²) in [5, 5.41) is 0. The molecule has 0 bridgehead atoms. The van der Waals surface area contributed by atoms with Crippen molar-refractivity contribution in [2.75, 3.05) is 4.90 Å². The van der Waals surface area contributed by atoms with Crippen molar-refractivity contribution in [1.82, 2.24) is 0 Å². The summed E-state index contributed by atoms with van der Waals surface area (Å²) in [7, 11) is 0. The monoisotopic (exact) mass is 479 g/mol. The molecule has 0 aliphatic heterocycles. The van der Waals surface area contributed by atoms with Crippen LogP contribution >= 0.6 is 15.9 Å². The Morgan fingerprint density at radius 1 is 0.438 bits per heavy atom. The lowest BCUT2D eigenvalue weighted by atomic mass is 10.00. The molecule has 5 aromatic carbocycles. The fraction of sp³-hybridized carbons (Fsp3) is 0. The maximum absolute atomic E-state index is 8.31. The third kappa shape index (κ3) is 4.37. The Balaban J connectivity index is 1.48. The van der Waals surface area contributed by atoms with Crippen molar-refractivity contribution in [3.63, 3.8) is 0 Å². The molecule has 0 amide bonds. The summed E-state index contributed by atoms with van der Waals surface area (Å²) in [6, 6.07) is 36.2. The number of anilines is 3. The zero-order chi connectivity index (χ0) is 25.2. The first-order chi connectivity index (χ1) is 17.5. The van der Waals surface area contributed by atoms with Crippen LogP contribution in [0.4, 0.5) is 17.1 Å². The van der Waals surface area contributed by atoms with Crippen LogP contribution in [0.15, 0.2) is 138 Å². The van der Waals surface area contributed by atoms with E-state index in [0.29, 0.717) is 11.1 Å². The molecule has 0 fully saturated rings. The minimum Gasteiger partial charge on any atom is -0.311 e. The third-order valence-corrected chi connectivity index (χ3v) is 5.65. The molecular formula is C30H22BrN. The Hall–Kier alpha value is -3.62. The second-order valence-electron chi connectivity index (χ2n) is 7.32. The summed E-state index contributed by atoms with van der Waals surface area (Å²) in [6.07, 6.45) is 0. The molecule has 154 valence electrons. The molecule has 0 spiro atoms. The van der Waals surface area contributed by atoms with Crippen molar-refractivity contribution in [3.8, 4) is 22.3 Å². The van der Waals surface area contributed by atoms with Crippen molar-refractivity contribution < 1.29 is 5.48 Å². The smallest absolute Gasteiger partial charge is 0.0635 e. The molecule has 1 nitrogen and oxygen atoms in total. The van der Waals surface area contributed by atoms with Crippen molar-refractivity contribution in [2.24, 2.45) is 0 Å². The highest BCUT2D eigenvalue weighted by Crippen LogP contribution is 2.35. The Morgan fingerprint density at radius 3 is 1.28 bits per heavy atom. The molecular weight excluding hydrogens is 454 g/mol. The average Bonchev–Trinajstić information content (AvgIpc) is 2.93. The second-order valence-corrected chi connectivity index (χ2v) is 8.11. The minimum atomic E-state index is -0.0768. The summed E-state index contributed by atoms with van der Waals surface area (Å²) < 4.78 is 33.0. The van der Waals surface area contributed by atoms with Crippen molar-refractivity contribution in [1.29, 1.82) is 0 Å². The molecule has 0 unspecified atom stereocenters. The van der Waals surface area contributed by atoms with E-state index >= 15 is 0 Å². The van der Waals surface area contributed by atoms with Gasteiger partial charge >= 0.3 is 0 Å². The van der Waals surface area contributed by atoms with Gasteiger partial charge in [-0.05, 0) is 70.7 Å². The van der Waals surface area contributed by atoms with Crippen LogP contribution in [0.2, 0.25) is 0 Å². The van der Waals surface area contributed by atoms with Crippen LogP contribution in [-0.4, -0.2) is 0 Å². The van der Waals surface area contributed by atoms with Gasteiger partial charge in [0.25, 0.3) is 0 Å². The molecule has 2 heteroatoms. The van der Waals surface area contributed by atoms with E-state index in [1.807, 2.05) is 60.7 Å². The van der Waals surface area contributed by atoms with Crippen molar-refractivity contribution in [3.05, 3.63) is 138 Å². The number of hydrogen-bond acceptors (Lipinski definition) is 1. The summed E-state index contributed by atoms with van der Waals surface area (Å²) in [5.74, 6) is 0. The van der Waals surface area contributed by atoms with Gasteiger partial charge in [0.15, 0.2) is 0 Å². The quantitative estimate of drug-likeness (QED) is 0.242. The lowest BCUT2D eigenvalue weighted by Crippen LogP contribution is -2.09. The van der Waals surface area contributed by atoms with Crippen LogP contribution in [0.25, 0.3) is 22.3 Å². The normalized spacial score (nSPS) is 12.4. The Morgan fingerprint density at radius 2 is 0.812 bits per heavy atom. The number of nitrogens with zero attached hydrogens (tertiary/aromatic N) is 1. The Bertz CT molecular complexity index is 1440. The van der Waals surface area contributed by atoms with Crippen LogP contribution in [0.3, 0.4) is 0 Å². The van der Waals surface area contributed by atoms with Gasteiger partial charge in [0, 0.05) is 21.5 Å². The Labute approximate surface area is 203 Å². The molecule has 5 rings (SSSR count). The van der Waals surface area contributed by atoms with E-state index in [1.54, 1.807) is 0 Å². The molecule has 0 heterocycles. The number of hydrogen-bond donors (Lipinski definition) is 0. The van der Waals surface area contributed by atoms with Gasteiger partial charge in [-0.2, -0.15) is 0 Å². The molecule has 0 aliphatic carbocycles. The number of para-hydroxylation sites is 2. The Kier molecular flexibility index (Phi) is 4.65. The molecule has 0 aromatic heterocycles. The lowest BCUT2D eigenvalue weighted by Gasteiger charge is -2.25. The molecule has 0 aliphatic rings. The summed E-state index contributed by atoms with van der Waals surface area (Å²) in [4.78, 5) is 2.21. The highest BCUT2D eigenvalue weighted by Gasteiger charge is 2.11. The van der Waals surface area contributed by atoms with Crippen LogP contribution in [0.1, 0.15) is 5.48 Å². The van der Waals surface area contributed by atoms with Crippen molar-refractivity contribution >= 4 is 33.0 Å². The molecule has 5 aromatic rings. The van der Waals surface area contributed by atoms with Gasteiger partial charge in [-0.25, -0.2) is 0 Å². The van der Waals surface area contributed by atoms with Gasteiger partial charge in [-0.15, -0.1) is 0 Å². The predicted octanol–water partition coefficient (Wildman–Crippen LogP) is 9.25. The summed E-state index contributed by atoms with van der Waals surface area (Å²) >= 11 is 3.16. The van der Waals surface area contributed by atoms with E-state index in [-0.39, 0.29) is 28.6 Å². The molecule has 0 atom stereocenters. The van der Waals surface area contributed by atoms with Crippen molar-refractivity contribution in [2.45, 2.75) is 0 Å². The van der Waals surface area contributed by atoms with Crippen LogP contribution in [-0.2, 0) is 0 Å². The van der Waals surface area contributed by atoms with E-state index in [9.17, 15) is 0 Å². The van der Waals surface area contributed by atoms with Gasteiger partial charge in [-0.1, -0.05) is 101 Å². The first kappa shape index (κ1) is 16.1. The number of benzene rings is 5. The molecule has 0 saturated carbocycles. The fourth-order valence-electron chi connectivity index (χ4n) is 3.68. The molecule has 32 heavy (non-hydrogen) atoms. The van der Waals surface area contributed by atoms with Gasteiger partial charge < -0.3 is 4.90 Å². The standard InChI is InChI=1S/C30H22BrN/c31-27-19-15-25(16-20-27)23-11-13-24(14-12-23)26-17-21-30(22-18-26)32(28-7-3-1-4-8-28)29-9-5-2-6-10-29/h1-22H/i15D,16D,19D,20D. The van der Waals surface area contributed by atoms with Gasteiger partial charge in [0.05, 0.1) is 5.48 Å².